The lowest BCUT2D eigenvalue weighted by Crippen LogP contribution is -2.22. The van der Waals surface area contributed by atoms with Crippen LogP contribution < -0.4 is 5.73 Å². The van der Waals surface area contributed by atoms with Gasteiger partial charge in [0.1, 0.15) is 12.5 Å². The van der Waals surface area contributed by atoms with Crippen molar-refractivity contribution in [1.82, 2.24) is 9.55 Å². The molecule has 0 aliphatic carbocycles. The molecule has 0 aromatic carbocycles. The third kappa shape index (κ3) is 3.58. The quantitative estimate of drug-likeness (QED) is 0.674. The maximum atomic E-state index is 5.82. The van der Waals surface area contributed by atoms with E-state index in [-0.39, 0.29) is 0 Å². The van der Waals surface area contributed by atoms with Crippen LogP contribution in [0.4, 0.5) is 5.82 Å². The van der Waals surface area contributed by atoms with E-state index >= 15 is 0 Å². The van der Waals surface area contributed by atoms with Crippen LogP contribution in [-0.4, -0.2) is 24.2 Å². The summed E-state index contributed by atoms with van der Waals surface area (Å²) in [6.45, 7) is 10.6. The van der Waals surface area contributed by atoms with Crippen molar-refractivity contribution >= 4 is 24.8 Å². The molecule has 0 aliphatic heterocycles. The highest BCUT2D eigenvalue weighted by Gasteiger charge is 2.12. The Morgan fingerprint density at radius 1 is 1.32 bits per heavy atom. The lowest BCUT2D eigenvalue weighted by atomic mass is 10.3. The molecule has 0 spiro atoms. The van der Waals surface area contributed by atoms with Crippen LogP contribution in [0.3, 0.4) is 0 Å². The zero-order valence-electron chi connectivity index (χ0n) is 12.2. The van der Waals surface area contributed by atoms with Crippen molar-refractivity contribution in [3.05, 3.63) is 24.0 Å². The van der Waals surface area contributed by atoms with Crippen LogP contribution in [0.25, 0.3) is 10.9 Å². The van der Waals surface area contributed by atoms with E-state index in [1.165, 1.54) is 11.7 Å². The highest BCUT2D eigenvalue weighted by molar-refractivity contribution is 6.76. The van der Waals surface area contributed by atoms with E-state index < -0.39 is 8.07 Å². The third-order valence-corrected chi connectivity index (χ3v) is 4.93. The molecule has 4 nitrogen and oxygen atoms in total. The number of ether oxygens (including phenoxy) is 1. The van der Waals surface area contributed by atoms with Gasteiger partial charge < -0.3 is 15.0 Å². The molecule has 19 heavy (non-hydrogen) atoms. The summed E-state index contributed by atoms with van der Waals surface area (Å²) in [7, 11) is -1.02. The van der Waals surface area contributed by atoms with Crippen LogP contribution in [0, 0.1) is 6.92 Å². The molecule has 104 valence electrons. The predicted octanol–water partition coefficient (Wildman–Crippen LogP) is 3.24. The van der Waals surface area contributed by atoms with E-state index in [1.54, 1.807) is 0 Å². The van der Waals surface area contributed by atoms with Gasteiger partial charge in [-0.3, -0.25) is 0 Å². The molecule has 0 fully saturated rings. The Morgan fingerprint density at radius 3 is 2.74 bits per heavy atom. The van der Waals surface area contributed by atoms with Crippen molar-refractivity contribution in [3.63, 3.8) is 0 Å². The molecule has 0 amide bonds. The molecule has 2 aromatic heterocycles. The predicted molar refractivity (Wildman–Crippen MR) is 83.0 cm³/mol. The second-order valence-corrected chi connectivity index (χ2v) is 11.9. The third-order valence-electron chi connectivity index (χ3n) is 3.23. The van der Waals surface area contributed by atoms with Gasteiger partial charge in [0, 0.05) is 38.0 Å². The minimum absolute atomic E-state index is 0.550. The number of hydrogen-bond acceptors (Lipinski definition) is 3. The molecule has 0 unspecified atom stereocenters. The fourth-order valence-electron chi connectivity index (χ4n) is 2.01. The van der Waals surface area contributed by atoms with Gasteiger partial charge in [0.2, 0.25) is 0 Å². The Hall–Kier alpha value is -1.33. The van der Waals surface area contributed by atoms with E-state index in [9.17, 15) is 0 Å². The SMILES string of the molecule is Cc1cc2cnc(N)cc2n1COCC[Si](C)(C)C. The first-order valence-electron chi connectivity index (χ1n) is 6.66. The Bertz CT molecular complexity index is 572. The van der Waals surface area contributed by atoms with Gasteiger partial charge in [-0.25, -0.2) is 4.98 Å². The molecule has 0 atom stereocenters. The molecule has 0 saturated carbocycles. The van der Waals surface area contributed by atoms with Crippen LogP contribution in [0.1, 0.15) is 5.69 Å². The number of nitrogens with zero attached hydrogens (tertiary/aromatic N) is 2. The fraction of sp³-hybridized carbons (Fsp3) is 0.500. The topological polar surface area (TPSA) is 53.1 Å². The summed E-state index contributed by atoms with van der Waals surface area (Å²) in [5, 5.41) is 1.11. The second kappa shape index (κ2) is 5.34. The van der Waals surface area contributed by atoms with Gasteiger partial charge in [0.25, 0.3) is 0 Å². The molecule has 2 heterocycles. The standard InChI is InChI=1S/C14H23N3OSi/c1-11-7-12-9-16-14(15)8-13(12)17(11)10-18-5-6-19(2,3)4/h7-9H,5-6,10H2,1-4H3,(H2,15,16). The number of pyridine rings is 1. The van der Waals surface area contributed by atoms with E-state index in [2.05, 4.69) is 42.2 Å². The molecule has 0 radical (unpaired) electrons. The molecule has 2 rings (SSSR count). The van der Waals surface area contributed by atoms with E-state index in [0.29, 0.717) is 12.5 Å². The largest absolute Gasteiger partial charge is 0.384 e. The van der Waals surface area contributed by atoms with Gasteiger partial charge in [-0.2, -0.15) is 0 Å². The molecule has 0 bridgehead atoms. The molecular weight excluding hydrogens is 254 g/mol. The smallest absolute Gasteiger partial charge is 0.125 e. The normalized spacial score (nSPS) is 12.2. The van der Waals surface area contributed by atoms with Crippen LogP contribution in [0.15, 0.2) is 18.3 Å². The number of aromatic nitrogens is 2. The maximum Gasteiger partial charge on any atom is 0.125 e. The average Bonchev–Trinajstić information content (AvgIpc) is 2.59. The van der Waals surface area contributed by atoms with Crippen LogP contribution >= 0.6 is 0 Å². The Morgan fingerprint density at radius 2 is 2.05 bits per heavy atom. The van der Waals surface area contributed by atoms with E-state index in [0.717, 1.165) is 17.5 Å². The minimum atomic E-state index is -1.02. The second-order valence-electron chi connectivity index (χ2n) is 6.23. The van der Waals surface area contributed by atoms with Crippen molar-refractivity contribution in [2.75, 3.05) is 12.3 Å². The summed E-state index contributed by atoms with van der Waals surface area (Å²) >= 11 is 0. The maximum absolute atomic E-state index is 5.82. The molecule has 0 saturated heterocycles. The summed E-state index contributed by atoms with van der Waals surface area (Å²) in [5.41, 5.74) is 8.03. The Labute approximate surface area is 115 Å². The Kier molecular flexibility index (Phi) is 3.96. The van der Waals surface area contributed by atoms with E-state index in [1.807, 2.05) is 12.3 Å². The number of nitrogens with two attached hydrogens (primary N) is 1. The first kappa shape index (κ1) is 14.1. The monoisotopic (exact) mass is 277 g/mol. The van der Waals surface area contributed by atoms with Crippen LogP contribution in [0.5, 0.6) is 0 Å². The summed E-state index contributed by atoms with van der Waals surface area (Å²) in [6.07, 6.45) is 1.82. The summed E-state index contributed by atoms with van der Waals surface area (Å²) in [5.74, 6) is 0.550. The van der Waals surface area contributed by atoms with Crippen molar-refractivity contribution in [2.24, 2.45) is 0 Å². The number of fused-ring (bicyclic) bond motifs is 1. The Balaban J connectivity index is 2.08. The first-order valence-corrected chi connectivity index (χ1v) is 10.4. The zero-order chi connectivity index (χ0) is 14.0. The van der Waals surface area contributed by atoms with Crippen LogP contribution in [-0.2, 0) is 11.5 Å². The lowest BCUT2D eigenvalue weighted by Gasteiger charge is -2.16. The molecule has 2 N–H and O–H groups in total. The number of hydrogen-bond donors (Lipinski definition) is 1. The summed E-state index contributed by atoms with van der Waals surface area (Å²) in [6, 6.07) is 5.21. The highest BCUT2D eigenvalue weighted by atomic mass is 28.3. The van der Waals surface area contributed by atoms with Gasteiger partial charge in [-0.1, -0.05) is 19.6 Å². The lowest BCUT2D eigenvalue weighted by molar-refractivity contribution is 0.0890. The molecule has 0 aliphatic rings. The van der Waals surface area contributed by atoms with Gasteiger partial charge >= 0.3 is 0 Å². The summed E-state index contributed by atoms with van der Waals surface area (Å²) < 4.78 is 7.97. The average molecular weight is 277 g/mol. The number of aryl methyl sites for hydroxylation is 1. The minimum Gasteiger partial charge on any atom is -0.384 e. The van der Waals surface area contributed by atoms with Crippen molar-refractivity contribution in [1.29, 1.82) is 0 Å². The molecule has 5 heteroatoms. The zero-order valence-corrected chi connectivity index (χ0v) is 13.2. The molecule has 2 aromatic rings. The first-order chi connectivity index (χ1) is 8.87. The molecular formula is C14H23N3OSi. The number of nitrogen functional groups attached to an aromatic ring is 1. The van der Waals surface area contributed by atoms with Gasteiger partial charge in [-0.05, 0) is 19.0 Å². The van der Waals surface area contributed by atoms with Gasteiger partial charge in [0.05, 0.1) is 5.52 Å². The number of anilines is 1. The van der Waals surface area contributed by atoms with Crippen molar-refractivity contribution in [2.45, 2.75) is 39.3 Å². The van der Waals surface area contributed by atoms with Crippen molar-refractivity contribution < 1.29 is 4.74 Å². The summed E-state index contributed by atoms with van der Waals surface area (Å²) in [4.78, 5) is 4.12. The highest BCUT2D eigenvalue weighted by Crippen LogP contribution is 2.20. The fourth-order valence-corrected chi connectivity index (χ4v) is 2.77. The van der Waals surface area contributed by atoms with E-state index in [4.69, 9.17) is 10.5 Å². The van der Waals surface area contributed by atoms with Gasteiger partial charge in [-0.15, -0.1) is 0 Å². The van der Waals surface area contributed by atoms with Crippen LogP contribution in [0.2, 0.25) is 25.7 Å². The van der Waals surface area contributed by atoms with Crippen molar-refractivity contribution in [3.8, 4) is 0 Å². The number of rotatable bonds is 5. The van der Waals surface area contributed by atoms with Gasteiger partial charge in [0.15, 0.2) is 0 Å².